The zero-order valence-corrected chi connectivity index (χ0v) is 26.2. The van der Waals surface area contributed by atoms with E-state index in [2.05, 4.69) is 21.6 Å². The lowest BCUT2D eigenvalue weighted by Crippen LogP contribution is -2.48. The molecule has 2 aliphatic carbocycles. The number of aromatic nitrogens is 2. The third kappa shape index (κ3) is 4.92. The summed E-state index contributed by atoms with van der Waals surface area (Å²) in [5, 5.41) is 6.31. The van der Waals surface area contributed by atoms with Gasteiger partial charge in [0.2, 0.25) is 5.91 Å². The number of amides is 2. The van der Waals surface area contributed by atoms with E-state index in [1.165, 1.54) is 34.3 Å². The van der Waals surface area contributed by atoms with E-state index < -0.39 is 0 Å². The quantitative estimate of drug-likeness (QED) is 0.295. The lowest BCUT2D eigenvalue weighted by molar-refractivity contribution is -0.139. The van der Waals surface area contributed by atoms with Gasteiger partial charge in [-0.1, -0.05) is 24.3 Å². The van der Waals surface area contributed by atoms with E-state index >= 15 is 0 Å². The monoisotopic (exact) mass is 608 g/mol. The second kappa shape index (κ2) is 11.0. The number of rotatable bonds is 6. The lowest BCUT2D eigenvalue weighted by atomic mass is 9.99. The number of carbonyl (C=O) groups is 2. The Labute approximate surface area is 260 Å². The normalized spacial score (nSPS) is 21.0. The van der Waals surface area contributed by atoms with Crippen LogP contribution in [0.5, 0.6) is 0 Å². The molecule has 2 fully saturated rings. The molecule has 2 aromatic heterocycles. The Morgan fingerprint density at radius 1 is 1.00 bits per heavy atom. The highest BCUT2D eigenvalue weighted by atomic mass is 32.1. The molecule has 7 rings (SSSR count). The van der Waals surface area contributed by atoms with Gasteiger partial charge in [0.1, 0.15) is 6.04 Å². The molecule has 1 aliphatic heterocycles. The van der Waals surface area contributed by atoms with Crippen molar-refractivity contribution < 1.29 is 9.59 Å². The summed E-state index contributed by atoms with van der Waals surface area (Å²) in [6.45, 7) is 3.47. The van der Waals surface area contributed by atoms with Gasteiger partial charge in [0.15, 0.2) is 5.82 Å². The first kappa shape index (κ1) is 28.5. The maximum Gasteiger partial charge on any atom is 0.293 e. The van der Waals surface area contributed by atoms with Crippen LogP contribution in [-0.2, 0) is 11.8 Å². The van der Waals surface area contributed by atoms with Crippen LogP contribution >= 0.6 is 11.3 Å². The third-order valence-corrected chi connectivity index (χ3v) is 10.8. The van der Waals surface area contributed by atoms with Crippen molar-refractivity contribution in [3.63, 3.8) is 0 Å². The fourth-order valence-corrected chi connectivity index (χ4v) is 8.24. The number of hydrogen-bond acceptors (Lipinski definition) is 7. The van der Waals surface area contributed by atoms with E-state index in [1.807, 2.05) is 63.5 Å². The number of piperazine rings is 1. The average molecular weight is 609 g/mol. The van der Waals surface area contributed by atoms with Crippen LogP contribution in [0.1, 0.15) is 68.4 Å². The number of nitrogens with zero attached hydrogens (tertiary/aromatic N) is 4. The van der Waals surface area contributed by atoms with Crippen LogP contribution in [0.15, 0.2) is 59.5 Å². The summed E-state index contributed by atoms with van der Waals surface area (Å²) in [6.07, 6.45) is 5.44. The minimum atomic E-state index is -0.330. The van der Waals surface area contributed by atoms with Gasteiger partial charge in [0.25, 0.3) is 11.5 Å². The van der Waals surface area contributed by atoms with Crippen molar-refractivity contribution >= 4 is 40.3 Å². The Balaban J connectivity index is 1.12. The predicted octanol–water partition coefficient (Wildman–Crippen LogP) is 5.62. The highest BCUT2D eigenvalue weighted by molar-refractivity contribution is 7.14. The topological polar surface area (TPSA) is 99.6 Å². The molecule has 4 aromatic rings. The van der Waals surface area contributed by atoms with Gasteiger partial charge >= 0.3 is 0 Å². The number of nitrogens with one attached hydrogen (secondary N) is 2. The number of benzene rings is 2. The van der Waals surface area contributed by atoms with Crippen LogP contribution in [0.4, 0.5) is 17.2 Å². The molecule has 9 nitrogen and oxygen atoms in total. The lowest BCUT2D eigenvalue weighted by Gasteiger charge is -2.37. The van der Waals surface area contributed by atoms with E-state index in [-0.39, 0.29) is 29.2 Å². The molecule has 226 valence electrons. The predicted molar refractivity (Wildman–Crippen MR) is 174 cm³/mol. The van der Waals surface area contributed by atoms with Crippen LogP contribution in [0, 0.1) is 6.92 Å². The number of hydrogen-bond donors (Lipinski definition) is 2. The van der Waals surface area contributed by atoms with E-state index in [9.17, 15) is 14.4 Å². The Bertz CT molecular complexity index is 1820. The zero-order chi connectivity index (χ0) is 30.7. The summed E-state index contributed by atoms with van der Waals surface area (Å²) >= 11 is 1.64. The maximum absolute atomic E-state index is 13.3. The van der Waals surface area contributed by atoms with Crippen LogP contribution < -0.4 is 16.2 Å². The van der Waals surface area contributed by atoms with Gasteiger partial charge in [-0.25, -0.2) is 4.98 Å². The summed E-state index contributed by atoms with van der Waals surface area (Å²) in [5.74, 6) is 1.44. The van der Waals surface area contributed by atoms with Crippen molar-refractivity contribution in [2.24, 2.45) is 7.05 Å². The number of fused-ring (bicyclic) bond motifs is 5. The van der Waals surface area contributed by atoms with E-state index in [1.54, 1.807) is 29.5 Å². The molecule has 3 heterocycles. The van der Waals surface area contributed by atoms with Crippen molar-refractivity contribution in [3.8, 4) is 11.3 Å². The molecular formula is C34H36N6O3S. The summed E-state index contributed by atoms with van der Waals surface area (Å²) < 4.78 is 1.51. The molecule has 0 unspecified atom stereocenters. The third-order valence-electron chi connectivity index (χ3n) is 9.52. The van der Waals surface area contributed by atoms with Crippen molar-refractivity contribution in [1.29, 1.82) is 0 Å². The molecule has 2 bridgehead atoms. The fourth-order valence-electron chi connectivity index (χ4n) is 6.95. The first-order valence-corrected chi connectivity index (χ1v) is 15.9. The fraction of sp³-hybridized carbons (Fsp3) is 0.353. The van der Waals surface area contributed by atoms with E-state index in [0.717, 1.165) is 33.8 Å². The Hall–Kier alpha value is -4.28. The molecule has 44 heavy (non-hydrogen) atoms. The Morgan fingerprint density at radius 3 is 2.55 bits per heavy atom. The molecule has 2 aromatic carbocycles. The number of thiophene rings is 1. The standard InChI is InChI=1S/C34H36N6O3S/c1-19-24(6-5-7-26(19)37-32(41)28-17-25-21-8-9-22(16-21)30(25)44-28)27-18-40(4)34(43)31(36-27)35-23-12-10-20(11-13-23)29-33(42)39(3)15-14-38(29)2/h5-7,10-13,17-18,21-22,29H,8-9,14-16H2,1-4H3,(H,35,36)(H,37,41)/t21-,22+,29-/m1/s1. The largest absolute Gasteiger partial charge is 0.343 e. The summed E-state index contributed by atoms with van der Waals surface area (Å²) in [5.41, 5.74) is 5.75. The molecule has 0 spiro atoms. The zero-order valence-electron chi connectivity index (χ0n) is 25.4. The minimum absolute atomic E-state index is 0.0717. The first-order chi connectivity index (χ1) is 21.2. The van der Waals surface area contributed by atoms with Crippen LogP contribution in [-0.4, -0.2) is 58.4 Å². The van der Waals surface area contributed by atoms with Gasteiger partial charge in [0.05, 0.1) is 10.6 Å². The van der Waals surface area contributed by atoms with Crippen LogP contribution in [0.3, 0.4) is 0 Å². The van der Waals surface area contributed by atoms with Crippen LogP contribution in [0.25, 0.3) is 11.3 Å². The van der Waals surface area contributed by atoms with Gasteiger partial charge in [-0.15, -0.1) is 11.3 Å². The molecule has 10 heteroatoms. The molecule has 2 N–H and O–H groups in total. The summed E-state index contributed by atoms with van der Waals surface area (Å²) in [4.78, 5) is 49.9. The number of carbonyl (C=O) groups excluding carboxylic acids is 2. The van der Waals surface area contributed by atoms with E-state index in [4.69, 9.17) is 4.98 Å². The second-order valence-corrected chi connectivity index (χ2v) is 13.4. The number of aryl methyl sites for hydroxylation is 1. The highest BCUT2D eigenvalue weighted by Gasteiger charge is 2.39. The molecule has 2 amide bonds. The molecule has 3 aliphatic rings. The Morgan fingerprint density at radius 2 is 1.77 bits per heavy atom. The second-order valence-electron chi connectivity index (χ2n) is 12.4. The summed E-state index contributed by atoms with van der Waals surface area (Å²) in [6, 6.07) is 15.1. The average Bonchev–Trinajstić information content (AvgIpc) is 3.74. The molecule has 0 radical (unpaired) electrons. The van der Waals surface area contributed by atoms with Crippen molar-refractivity contribution in [3.05, 3.63) is 91.5 Å². The summed E-state index contributed by atoms with van der Waals surface area (Å²) in [7, 11) is 5.49. The van der Waals surface area contributed by atoms with Crippen molar-refractivity contribution in [2.75, 3.05) is 37.8 Å². The SMILES string of the molecule is Cc1c(NC(=O)c2cc3c(s2)[C@H]2CC[C@@H]3C2)cccc1-c1cn(C)c(=O)c(Nc2ccc([C@@H]3C(=O)N(C)CCN3C)cc2)n1. The first-order valence-electron chi connectivity index (χ1n) is 15.1. The smallest absolute Gasteiger partial charge is 0.293 e. The van der Waals surface area contributed by atoms with Gasteiger partial charge in [-0.3, -0.25) is 19.3 Å². The molecule has 3 atom stereocenters. The van der Waals surface area contributed by atoms with E-state index in [0.29, 0.717) is 29.8 Å². The number of anilines is 3. The van der Waals surface area contributed by atoms with Crippen LogP contribution in [0.2, 0.25) is 0 Å². The van der Waals surface area contributed by atoms with Gasteiger partial charge in [-0.05, 0) is 86.0 Å². The maximum atomic E-state index is 13.3. The van der Waals surface area contributed by atoms with Crippen molar-refractivity contribution in [2.45, 2.75) is 44.1 Å². The van der Waals surface area contributed by atoms with Crippen molar-refractivity contribution in [1.82, 2.24) is 19.4 Å². The van der Waals surface area contributed by atoms with Gasteiger partial charge in [0, 0.05) is 55.2 Å². The molecule has 1 saturated carbocycles. The Kier molecular flexibility index (Phi) is 7.13. The van der Waals surface area contributed by atoms with Gasteiger partial charge < -0.3 is 20.1 Å². The highest BCUT2D eigenvalue weighted by Crippen LogP contribution is 2.56. The van der Waals surface area contributed by atoms with Gasteiger partial charge in [-0.2, -0.15) is 0 Å². The number of likely N-dealkylation sites (N-methyl/N-ethyl adjacent to an activating group) is 2. The molecular weight excluding hydrogens is 572 g/mol. The molecule has 1 saturated heterocycles. The minimum Gasteiger partial charge on any atom is -0.343 e.